The van der Waals surface area contributed by atoms with E-state index in [1.54, 1.807) is 23.1 Å². The van der Waals surface area contributed by atoms with Gasteiger partial charge in [0, 0.05) is 18.0 Å². The summed E-state index contributed by atoms with van der Waals surface area (Å²) in [5.74, 6) is 0.623. The third-order valence-electron chi connectivity index (χ3n) is 5.95. The zero-order chi connectivity index (χ0) is 23.0. The zero-order valence-corrected chi connectivity index (χ0v) is 17.8. The van der Waals surface area contributed by atoms with Crippen LogP contribution in [-0.4, -0.2) is 41.4 Å². The van der Waals surface area contributed by atoms with Gasteiger partial charge < -0.3 is 14.4 Å². The van der Waals surface area contributed by atoms with E-state index in [4.69, 9.17) is 9.47 Å². The van der Waals surface area contributed by atoms with Gasteiger partial charge in [-0.3, -0.25) is 9.59 Å². The molecule has 2 aliphatic rings. The summed E-state index contributed by atoms with van der Waals surface area (Å²) in [4.78, 5) is 27.2. The monoisotopic (exact) mass is 451 g/mol. The van der Waals surface area contributed by atoms with Crippen molar-refractivity contribution >= 4 is 5.91 Å². The number of alkyl halides is 3. The number of methoxy groups -OCH3 is 2. The number of likely N-dealkylation sites (tertiary alicyclic amines) is 1. The molecular formula is C22H24F3N3O4. The van der Waals surface area contributed by atoms with Crippen molar-refractivity contribution in [1.82, 2.24) is 14.7 Å². The van der Waals surface area contributed by atoms with Crippen LogP contribution in [0.1, 0.15) is 54.5 Å². The standard InChI is InChI=1S/C22H24F3N3O4/c1-31-14-7-8-19(32-2)15(10-14)18-4-3-9-27(18)20(29)12-28-21(30)16(22(23,24)25)11-17(26-28)13-5-6-13/h7-8,10-11,13,18H,3-6,9,12H2,1-2H3. The molecule has 32 heavy (non-hydrogen) atoms. The molecule has 1 aliphatic heterocycles. The summed E-state index contributed by atoms with van der Waals surface area (Å²) in [5.41, 5.74) is -1.63. The summed E-state index contributed by atoms with van der Waals surface area (Å²) in [6.07, 6.45) is -1.98. The molecular weight excluding hydrogens is 427 g/mol. The van der Waals surface area contributed by atoms with E-state index in [0.29, 0.717) is 29.1 Å². The molecule has 2 heterocycles. The third-order valence-corrected chi connectivity index (χ3v) is 5.95. The minimum atomic E-state index is -4.81. The molecule has 0 spiro atoms. The van der Waals surface area contributed by atoms with E-state index in [1.165, 1.54) is 14.2 Å². The van der Waals surface area contributed by atoms with Crippen LogP contribution in [0.25, 0.3) is 0 Å². The Morgan fingerprint density at radius 2 is 1.91 bits per heavy atom. The Bertz CT molecular complexity index is 1080. The molecule has 7 nitrogen and oxygen atoms in total. The maximum absolute atomic E-state index is 13.4. The van der Waals surface area contributed by atoms with Crippen LogP contribution >= 0.6 is 0 Å². The van der Waals surface area contributed by atoms with Gasteiger partial charge in [-0.1, -0.05) is 0 Å². The van der Waals surface area contributed by atoms with Crippen molar-refractivity contribution in [3.63, 3.8) is 0 Å². The highest BCUT2D eigenvalue weighted by atomic mass is 19.4. The molecule has 0 radical (unpaired) electrons. The van der Waals surface area contributed by atoms with E-state index >= 15 is 0 Å². The smallest absolute Gasteiger partial charge is 0.421 e. The molecule has 1 aliphatic carbocycles. The van der Waals surface area contributed by atoms with E-state index in [1.807, 2.05) is 0 Å². The number of carbonyl (C=O) groups excluding carboxylic acids is 1. The number of rotatable bonds is 6. The third kappa shape index (κ3) is 4.31. The van der Waals surface area contributed by atoms with E-state index in [0.717, 1.165) is 30.9 Å². The summed E-state index contributed by atoms with van der Waals surface area (Å²) in [5, 5.41) is 4.09. The fourth-order valence-electron chi connectivity index (χ4n) is 4.16. The van der Waals surface area contributed by atoms with Crippen molar-refractivity contribution in [1.29, 1.82) is 0 Å². The Labute approximate surface area is 182 Å². The number of ether oxygens (including phenoxy) is 2. The lowest BCUT2D eigenvalue weighted by molar-refractivity contribution is -0.140. The average molecular weight is 451 g/mol. The van der Waals surface area contributed by atoms with Gasteiger partial charge in [-0.05, 0) is 49.9 Å². The molecule has 4 rings (SSSR count). The van der Waals surface area contributed by atoms with E-state index in [9.17, 15) is 22.8 Å². The molecule has 1 unspecified atom stereocenters. The second-order valence-corrected chi connectivity index (χ2v) is 8.07. The van der Waals surface area contributed by atoms with Crippen LogP contribution < -0.4 is 15.0 Å². The highest BCUT2D eigenvalue weighted by molar-refractivity contribution is 5.77. The SMILES string of the molecule is COc1ccc(OC)c(C2CCCN2C(=O)Cn2nc(C3CC3)cc(C(F)(F)F)c2=O)c1. The first-order chi connectivity index (χ1) is 15.2. The fraction of sp³-hybridized carbons (Fsp3) is 0.500. The van der Waals surface area contributed by atoms with Crippen LogP contribution in [0.2, 0.25) is 0 Å². The lowest BCUT2D eigenvalue weighted by atomic mass is 10.0. The van der Waals surface area contributed by atoms with Crippen LogP contribution in [0, 0.1) is 0 Å². The predicted octanol–water partition coefficient (Wildman–Crippen LogP) is 3.52. The molecule has 1 saturated carbocycles. The van der Waals surface area contributed by atoms with E-state index in [-0.39, 0.29) is 17.7 Å². The lowest BCUT2D eigenvalue weighted by Crippen LogP contribution is -2.39. The van der Waals surface area contributed by atoms with Crippen molar-refractivity contribution < 1.29 is 27.4 Å². The summed E-state index contributed by atoms with van der Waals surface area (Å²) < 4.78 is 51.6. The number of benzene rings is 1. The van der Waals surface area contributed by atoms with Gasteiger partial charge in [-0.15, -0.1) is 0 Å². The fourth-order valence-corrected chi connectivity index (χ4v) is 4.16. The van der Waals surface area contributed by atoms with Crippen LogP contribution in [0.3, 0.4) is 0 Å². The van der Waals surface area contributed by atoms with Gasteiger partial charge in [0.25, 0.3) is 5.56 Å². The zero-order valence-electron chi connectivity index (χ0n) is 17.8. The van der Waals surface area contributed by atoms with E-state index < -0.39 is 29.8 Å². The molecule has 1 atom stereocenters. The quantitative estimate of drug-likeness (QED) is 0.672. The Kier molecular flexibility index (Phi) is 5.87. The Morgan fingerprint density at radius 1 is 1.16 bits per heavy atom. The topological polar surface area (TPSA) is 73.7 Å². The average Bonchev–Trinajstić information content (AvgIpc) is 3.49. The number of aromatic nitrogens is 2. The maximum Gasteiger partial charge on any atom is 0.421 e. The lowest BCUT2D eigenvalue weighted by Gasteiger charge is -2.27. The molecule has 0 N–H and O–H groups in total. The number of hydrogen-bond donors (Lipinski definition) is 0. The molecule has 1 amide bonds. The first kappa shape index (κ1) is 22.2. The summed E-state index contributed by atoms with van der Waals surface area (Å²) in [7, 11) is 3.06. The molecule has 1 aromatic carbocycles. The van der Waals surface area contributed by atoms with Gasteiger partial charge in [0.15, 0.2) is 0 Å². The molecule has 0 bridgehead atoms. The summed E-state index contributed by atoms with van der Waals surface area (Å²) in [6.45, 7) is -0.127. The van der Waals surface area contributed by atoms with Crippen LogP contribution in [0.15, 0.2) is 29.1 Å². The number of amides is 1. The number of nitrogens with zero attached hydrogens (tertiary/aromatic N) is 3. The number of carbonyl (C=O) groups is 1. The van der Waals surface area contributed by atoms with E-state index in [2.05, 4.69) is 5.10 Å². The van der Waals surface area contributed by atoms with Gasteiger partial charge in [0.05, 0.1) is 26.0 Å². The highest BCUT2D eigenvalue weighted by Crippen LogP contribution is 2.41. The minimum absolute atomic E-state index is 0.0985. The summed E-state index contributed by atoms with van der Waals surface area (Å²) in [6, 6.07) is 5.76. The maximum atomic E-state index is 13.4. The van der Waals surface area contributed by atoms with Gasteiger partial charge >= 0.3 is 6.18 Å². The Balaban J connectivity index is 1.64. The minimum Gasteiger partial charge on any atom is -0.497 e. The first-order valence-corrected chi connectivity index (χ1v) is 10.4. The van der Waals surface area contributed by atoms with Crippen molar-refractivity contribution in [2.75, 3.05) is 20.8 Å². The van der Waals surface area contributed by atoms with Gasteiger partial charge in [-0.25, -0.2) is 4.68 Å². The first-order valence-electron chi connectivity index (χ1n) is 10.4. The van der Waals surface area contributed by atoms with Gasteiger partial charge in [0.2, 0.25) is 5.91 Å². The molecule has 172 valence electrons. The number of halogens is 3. The second kappa shape index (κ2) is 8.48. The molecule has 10 heteroatoms. The molecule has 1 aromatic heterocycles. The largest absolute Gasteiger partial charge is 0.497 e. The Morgan fingerprint density at radius 3 is 2.53 bits per heavy atom. The van der Waals surface area contributed by atoms with Crippen LogP contribution in [0.5, 0.6) is 11.5 Å². The normalized spacial score (nSPS) is 18.7. The Hall–Kier alpha value is -3.04. The van der Waals surface area contributed by atoms with Gasteiger partial charge in [0.1, 0.15) is 23.6 Å². The van der Waals surface area contributed by atoms with Crippen LogP contribution in [0.4, 0.5) is 13.2 Å². The molecule has 2 fully saturated rings. The predicted molar refractivity (Wildman–Crippen MR) is 109 cm³/mol. The van der Waals surface area contributed by atoms with Gasteiger partial charge in [-0.2, -0.15) is 18.3 Å². The summed E-state index contributed by atoms with van der Waals surface area (Å²) >= 11 is 0. The molecule has 2 aromatic rings. The molecule has 1 saturated heterocycles. The van der Waals surface area contributed by atoms with Crippen molar-refractivity contribution in [2.45, 2.75) is 50.4 Å². The van der Waals surface area contributed by atoms with Crippen molar-refractivity contribution in [2.24, 2.45) is 0 Å². The number of hydrogen-bond acceptors (Lipinski definition) is 5. The van der Waals surface area contributed by atoms with Crippen molar-refractivity contribution in [3.8, 4) is 11.5 Å². The van der Waals surface area contributed by atoms with Crippen LogP contribution in [-0.2, 0) is 17.5 Å². The second-order valence-electron chi connectivity index (χ2n) is 8.07. The highest BCUT2D eigenvalue weighted by Gasteiger charge is 2.38. The van der Waals surface area contributed by atoms with Crippen molar-refractivity contribution in [3.05, 3.63) is 51.4 Å².